The third-order valence-corrected chi connectivity index (χ3v) is 7.44. The van der Waals surface area contributed by atoms with Crippen LogP contribution < -0.4 is 0 Å². The summed E-state index contributed by atoms with van der Waals surface area (Å²) in [5.41, 5.74) is -0.273. The van der Waals surface area contributed by atoms with Gasteiger partial charge in [0.15, 0.2) is 0 Å². The van der Waals surface area contributed by atoms with Crippen molar-refractivity contribution in [2.24, 2.45) is 11.3 Å². The molecule has 0 radical (unpaired) electrons. The highest BCUT2D eigenvalue weighted by molar-refractivity contribution is 4.94. The molecule has 0 fully saturated rings. The van der Waals surface area contributed by atoms with Gasteiger partial charge in [-0.2, -0.15) is 0 Å². The Morgan fingerprint density at radius 1 is 0.618 bits per heavy atom. The largest absolute Gasteiger partial charge is 0.327 e. The Balaban J connectivity index is 5.68. The molecule has 4 nitrogen and oxygen atoms in total. The maximum absolute atomic E-state index is 7.85. The summed E-state index contributed by atoms with van der Waals surface area (Å²) in [7, 11) is 0. The lowest BCUT2D eigenvalue weighted by Gasteiger charge is -2.51. The molecule has 202 valence electrons. The lowest BCUT2D eigenvalue weighted by atomic mass is 9.67. The molecule has 4 heteroatoms. The molecule has 0 aliphatic heterocycles. The van der Waals surface area contributed by atoms with Crippen LogP contribution in [0.5, 0.6) is 0 Å². The highest BCUT2D eigenvalue weighted by Gasteiger charge is 2.56. The van der Waals surface area contributed by atoms with Crippen molar-refractivity contribution in [1.29, 1.82) is 0 Å². The van der Waals surface area contributed by atoms with Gasteiger partial charge >= 0.3 is 0 Å². The summed E-state index contributed by atoms with van der Waals surface area (Å²) in [5.74, 6) is -0.722. The number of rotatable bonds is 24. The highest BCUT2D eigenvalue weighted by Crippen LogP contribution is 2.51. The Labute approximate surface area is 213 Å². The average molecular weight is 482 g/mol. The second kappa shape index (κ2) is 20.6. The van der Waals surface area contributed by atoms with Gasteiger partial charge in [-0.05, 0) is 46.0 Å². The molecule has 0 bridgehead atoms. The predicted octanol–water partition coefficient (Wildman–Crippen LogP) is 9.57. The molecule has 0 aromatic heterocycles. The van der Waals surface area contributed by atoms with Gasteiger partial charge in [-0.25, -0.2) is 6.57 Å². The smallest absolute Gasteiger partial charge is 0.289 e. The minimum Gasteiger partial charge on any atom is -0.327 e. The third kappa shape index (κ3) is 11.4. The van der Waals surface area contributed by atoms with Crippen molar-refractivity contribution in [3.05, 3.63) is 11.4 Å². The molecule has 0 saturated heterocycles. The van der Waals surface area contributed by atoms with E-state index in [-0.39, 0.29) is 11.5 Å². The van der Waals surface area contributed by atoms with Crippen molar-refractivity contribution in [2.45, 2.75) is 157 Å². The first-order chi connectivity index (χ1) is 16.4. The van der Waals surface area contributed by atoms with Gasteiger partial charge in [-0.3, -0.25) is 0 Å². The van der Waals surface area contributed by atoms with E-state index in [2.05, 4.69) is 32.5 Å². The van der Waals surface area contributed by atoms with Crippen molar-refractivity contribution >= 4 is 0 Å². The van der Waals surface area contributed by atoms with Crippen molar-refractivity contribution in [1.82, 2.24) is 0 Å². The Morgan fingerprint density at radius 3 is 1.53 bits per heavy atom. The van der Waals surface area contributed by atoms with Gasteiger partial charge < -0.3 is 19.1 Å². The number of nitrogens with zero attached hydrogens (tertiary/aromatic N) is 1. The molecule has 0 rings (SSSR count). The second-order valence-corrected chi connectivity index (χ2v) is 10.2. The van der Waals surface area contributed by atoms with Crippen LogP contribution in [-0.2, 0) is 14.2 Å². The Morgan fingerprint density at radius 2 is 1.09 bits per heavy atom. The van der Waals surface area contributed by atoms with E-state index in [1.807, 2.05) is 20.8 Å². The Kier molecular flexibility index (Phi) is 20.2. The van der Waals surface area contributed by atoms with Gasteiger partial charge in [0.2, 0.25) is 6.04 Å². The molecule has 0 amide bonds. The van der Waals surface area contributed by atoms with Crippen LogP contribution in [0, 0.1) is 17.9 Å². The van der Waals surface area contributed by atoms with Crippen molar-refractivity contribution in [3.8, 4) is 0 Å². The first kappa shape index (κ1) is 33.4. The maximum atomic E-state index is 7.85. The summed E-state index contributed by atoms with van der Waals surface area (Å²) in [5, 5.41) is 0. The van der Waals surface area contributed by atoms with Gasteiger partial charge in [0.25, 0.3) is 5.97 Å². The van der Waals surface area contributed by atoms with Crippen molar-refractivity contribution in [3.63, 3.8) is 0 Å². The van der Waals surface area contributed by atoms with Crippen LogP contribution in [0.25, 0.3) is 4.85 Å². The lowest BCUT2D eigenvalue weighted by Crippen LogP contribution is -2.57. The molecule has 0 aliphatic rings. The number of unbranched alkanes of at least 4 members (excludes halogenated alkanes) is 9. The summed E-state index contributed by atoms with van der Waals surface area (Å²) >= 11 is 0. The summed E-state index contributed by atoms with van der Waals surface area (Å²) in [6.07, 6.45) is 17.6. The van der Waals surface area contributed by atoms with E-state index in [1.54, 1.807) is 0 Å². The summed E-state index contributed by atoms with van der Waals surface area (Å²) in [6, 6.07) is 0.0758. The fraction of sp³-hybridized carbons (Fsp3) is 0.967. The molecule has 0 aromatic rings. The molecule has 0 spiro atoms. The number of hydrogen-bond acceptors (Lipinski definition) is 3. The monoisotopic (exact) mass is 481 g/mol. The standard InChI is InChI=1S/C30H59NO3/c1-9-14-16-18-20-22-25-29(27(6)7,30(32-11-3,33-12-4)34-13-5)26-24-28(31-8)23-21-19-17-15-10-2/h27-28H,9-26H2,1-7H3. The van der Waals surface area contributed by atoms with E-state index in [1.165, 1.54) is 57.8 Å². The zero-order valence-corrected chi connectivity index (χ0v) is 24.1. The quantitative estimate of drug-likeness (QED) is 0.0781. The molecule has 2 unspecified atom stereocenters. The molecular formula is C30H59NO3. The fourth-order valence-corrected chi connectivity index (χ4v) is 5.39. The van der Waals surface area contributed by atoms with Crippen LogP contribution in [-0.4, -0.2) is 31.8 Å². The lowest BCUT2D eigenvalue weighted by molar-refractivity contribution is -0.437. The van der Waals surface area contributed by atoms with E-state index in [4.69, 9.17) is 20.8 Å². The van der Waals surface area contributed by atoms with Crippen LogP contribution in [0.2, 0.25) is 0 Å². The normalized spacial score (nSPS) is 14.8. The molecule has 0 aromatic carbocycles. The first-order valence-electron chi connectivity index (χ1n) is 14.7. The molecule has 0 aliphatic carbocycles. The molecule has 2 atom stereocenters. The highest BCUT2D eigenvalue weighted by atomic mass is 16.9. The summed E-state index contributed by atoms with van der Waals surface area (Å²) in [6.45, 7) is 24.7. The first-order valence-corrected chi connectivity index (χ1v) is 14.7. The minimum atomic E-state index is -1.05. The Bertz CT molecular complexity index is 485. The Hall–Kier alpha value is -0.630. The zero-order valence-electron chi connectivity index (χ0n) is 24.1. The third-order valence-electron chi connectivity index (χ3n) is 7.44. The summed E-state index contributed by atoms with van der Waals surface area (Å²) in [4.78, 5) is 4.05. The summed E-state index contributed by atoms with van der Waals surface area (Å²) < 4.78 is 19.2. The van der Waals surface area contributed by atoms with Crippen molar-refractivity contribution in [2.75, 3.05) is 19.8 Å². The number of hydrogen-bond donors (Lipinski definition) is 0. The zero-order chi connectivity index (χ0) is 25.7. The topological polar surface area (TPSA) is 32.0 Å². The van der Waals surface area contributed by atoms with Crippen LogP contribution in [0.4, 0.5) is 0 Å². The van der Waals surface area contributed by atoms with Gasteiger partial charge in [-0.1, -0.05) is 91.9 Å². The van der Waals surface area contributed by atoms with E-state index in [9.17, 15) is 0 Å². The fourth-order valence-electron chi connectivity index (χ4n) is 5.39. The number of ether oxygens (including phenoxy) is 3. The van der Waals surface area contributed by atoms with E-state index in [0.717, 1.165) is 38.5 Å². The van der Waals surface area contributed by atoms with E-state index >= 15 is 0 Å². The van der Waals surface area contributed by atoms with Crippen molar-refractivity contribution < 1.29 is 14.2 Å². The van der Waals surface area contributed by atoms with Crippen LogP contribution in [0.3, 0.4) is 0 Å². The van der Waals surface area contributed by atoms with Crippen LogP contribution >= 0.6 is 0 Å². The van der Waals surface area contributed by atoms with E-state index < -0.39 is 5.97 Å². The van der Waals surface area contributed by atoms with Gasteiger partial charge in [0.05, 0.1) is 5.41 Å². The predicted molar refractivity (Wildman–Crippen MR) is 146 cm³/mol. The van der Waals surface area contributed by atoms with Gasteiger partial charge in [0, 0.05) is 32.7 Å². The molecule has 0 heterocycles. The minimum absolute atomic E-state index is 0.0758. The molecular weight excluding hydrogens is 422 g/mol. The molecule has 0 N–H and O–H groups in total. The van der Waals surface area contributed by atoms with E-state index in [0.29, 0.717) is 25.7 Å². The molecule has 34 heavy (non-hydrogen) atoms. The van der Waals surface area contributed by atoms with Crippen LogP contribution in [0.1, 0.15) is 145 Å². The maximum Gasteiger partial charge on any atom is 0.289 e. The molecule has 0 saturated carbocycles. The second-order valence-electron chi connectivity index (χ2n) is 10.2. The SMILES string of the molecule is [C-]#[N+]C(CCCCCCC)CCC(CCCCCCCC)(C(C)C)C(OCC)(OCC)OCC. The van der Waals surface area contributed by atoms with Gasteiger partial charge in [-0.15, -0.1) is 0 Å². The van der Waals surface area contributed by atoms with Gasteiger partial charge in [0.1, 0.15) is 0 Å². The van der Waals surface area contributed by atoms with Crippen LogP contribution in [0.15, 0.2) is 0 Å². The average Bonchev–Trinajstić information content (AvgIpc) is 2.81.